The van der Waals surface area contributed by atoms with Crippen molar-refractivity contribution in [3.63, 3.8) is 0 Å². The highest BCUT2D eigenvalue weighted by atomic mass is 79.9. The molecular formula is C11H12BrF2N. The molecule has 1 saturated carbocycles. The summed E-state index contributed by atoms with van der Waals surface area (Å²) in [6.45, 7) is 1.84. The molecule has 0 radical (unpaired) electrons. The van der Waals surface area contributed by atoms with Crippen LogP contribution in [0.5, 0.6) is 0 Å². The number of nitrogens with two attached hydrogens (primary N) is 1. The average molecular weight is 276 g/mol. The second-order valence-electron chi connectivity index (χ2n) is 4.19. The number of rotatable bonds is 2. The first-order chi connectivity index (χ1) is 6.97. The van der Waals surface area contributed by atoms with E-state index in [1.165, 1.54) is 6.07 Å². The van der Waals surface area contributed by atoms with Crippen molar-refractivity contribution < 1.29 is 8.78 Å². The number of benzene rings is 1. The van der Waals surface area contributed by atoms with Gasteiger partial charge in [-0.25, -0.2) is 8.78 Å². The van der Waals surface area contributed by atoms with Gasteiger partial charge in [0.2, 0.25) is 0 Å². The van der Waals surface area contributed by atoms with E-state index in [0.717, 1.165) is 18.9 Å². The quantitative estimate of drug-likeness (QED) is 0.825. The van der Waals surface area contributed by atoms with E-state index in [1.807, 2.05) is 6.92 Å². The second-order valence-corrected chi connectivity index (χ2v) is 5.05. The normalized spacial score (nSPS) is 20.1. The smallest absolute Gasteiger partial charge is 0.141 e. The van der Waals surface area contributed by atoms with Gasteiger partial charge in [0.15, 0.2) is 0 Å². The van der Waals surface area contributed by atoms with Crippen LogP contribution in [-0.2, 0) is 5.41 Å². The maximum absolute atomic E-state index is 13.8. The van der Waals surface area contributed by atoms with E-state index >= 15 is 0 Å². The van der Waals surface area contributed by atoms with Gasteiger partial charge in [0.1, 0.15) is 11.6 Å². The molecule has 0 heterocycles. The summed E-state index contributed by atoms with van der Waals surface area (Å²) in [6.07, 6.45) is 1.66. The van der Waals surface area contributed by atoms with Crippen LogP contribution >= 0.6 is 15.9 Å². The Morgan fingerprint density at radius 3 is 2.47 bits per heavy atom. The summed E-state index contributed by atoms with van der Waals surface area (Å²) in [5.41, 5.74) is 5.88. The molecule has 2 rings (SSSR count). The highest BCUT2D eigenvalue weighted by molar-refractivity contribution is 9.10. The summed E-state index contributed by atoms with van der Waals surface area (Å²) >= 11 is 3.01. The molecule has 1 aliphatic rings. The largest absolute Gasteiger partial charge is 0.327 e. The molecule has 0 spiro atoms. The van der Waals surface area contributed by atoms with Crippen LogP contribution in [0.4, 0.5) is 8.78 Å². The third kappa shape index (κ3) is 1.70. The Kier molecular flexibility index (Phi) is 2.59. The van der Waals surface area contributed by atoms with Crippen molar-refractivity contribution in [2.45, 2.75) is 31.2 Å². The molecule has 2 N–H and O–H groups in total. The summed E-state index contributed by atoms with van der Waals surface area (Å²) in [5, 5.41) is 0. The first-order valence-corrected chi connectivity index (χ1v) is 5.67. The first-order valence-electron chi connectivity index (χ1n) is 4.88. The van der Waals surface area contributed by atoms with Crippen LogP contribution in [0.1, 0.15) is 25.3 Å². The van der Waals surface area contributed by atoms with Gasteiger partial charge in [-0.05, 0) is 53.4 Å². The average Bonchev–Trinajstić information content (AvgIpc) is 2.91. The predicted molar refractivity (Wildman–Crippen MR) is 58.6 cm³/mol. The predicted octanol–water partition coefficient (Wildman–Crippen LogP) is 3.11. The van der Waals surface area contributed by atoms with E-state index in [-0.39, 0.29) is 21.7 Å². The van der Waals surface area contributed by atoms with E-state index in [9.17, 15) is 8.78 Å². The Balaban J connectivity index is 2.53. The number of hydrogen-bond acceptors (Lipinski definition) is 1. The molecule has 1 aliphatic carbocycles. The maximum atomic E-state index is 13.8. The Hall–Kier alpha value is -0.480. The molecular weight excluding hydrogens is 264 g/mol. The minimum Gasteiger partial charge on any atom is -0.327 e. The third-order valence-electron chi connectivity index (χ3n) is 3.19. The van der Waals surface area contributed by atoms with Crippen molar-refractivity contribution in [3.05, 3.63) is 33.8 Å². The summed E-state index contributed by atoms with van der Waals surface area (Å²) in [7, 11) is 0. The Labute approximate surface area is 95.8 Å². The molecule has 0 aromatic heterocycles. The first kappa shape index (κ1) is 11.0. The Morgan fingerprint density at radius 1 is 1.40 bits per heavy atom. The summed E-state index contributed by atoms with van der Waals surface area (Å²) < 4.78 is 27.2. The SMILES string of the molecule is CC(N)C1(c2cc(F)cc(Br)c2F)CC1. The fourth-order valence-electron chi connectivity index (χ4n) is 2.02. The van der Waals surface area contributed by atoms with Crippen LogP contribution in [0.3, 0.4) is 0 Å². The minimum atomic E-state index is -0.426. The van der Waals surface area contributed by atoms with Gasteiger partial charge in [0, 0.05) is 11.5 Å². The molecule has 15 heavy (non-hydrogen) atoms. The van der Waals surface area contributed by atoms with Gasteiger partial charge >= 0.3 is 0 Å². The molecule has 4 heteroatoms. The van der Waals surface area contributed by atoms with Gasteiger partial charge in [0.25, 0.3) is 0 Å². The monoisotopic (exact) mass is 275 g/mol. The van der Waals surface area contributed by atoms with Crippen molar-refractivity contribution >= 4 is 15.9 Å². The van der Waals surface area contributed by atoms with Crippen LogP contribution in [0.15, 0.2) is 16.6 Å². The molecule has 1 atom stereocenters. The molecule has 82 valence electrons. The molecule has 0 bridgehead atoms. The molecule has 1 nitrogen and oxygen atoms in total. The van der Waals surface area contributed by atoms with Crippen LogP contribution in [-0.4, -0.2) is 6.04 Å². The number of hydrogen-bond donors (Lipinski definition) is 1. The zero-order valence-electron chi connectivity index (χ0n) is 8.36. The highest BCUT2D eigenvalue weighted by Gasteiger charge is 2.49. The van der Waals surface area contributed by atoms with Gasteiger partial charge in [-0.15, -0.1) is 0 Å². The van der Waals surface area contributed by atoms with Crippen LogP contribution < -0.4 is 5.73 Å². The summed E-state index contributed by atoms with van der Waals surface area (Å²) in [5.74, 6) is -0.809. The molecule has 1 fully saturated rings. The van der Waals surface area contributed by atoms with E-state index < -0.39 is 5.82 Å². The standard InChI is InChI=1S/C11H12BrF2N/c1-6(15)11(2-3-11)8-4-7(13)5-9(12)10(8)14/h4-6H,2-3,15H2,1H3. The van der Waals surface area contributed by atoms with Crippen molar-refractivity contribution in [3.8, 4) is 0 Å². The molecule has 1 aromatic rings. The minimum absolute atomic E-state index is 0.152. The summed E-state index contributed by atoms with van der Waals surface area (Å²) in [6, 6.07) is 2.24. The second kappa shape index (κ2) is 3.52. The van der Waals surface area contributed by atoms with Gasteiger partial charge in [-0.2, -0.15) is 0 Å². The van der Waals surface area contributed by atoms with Crippen molar-refractivity contribution in [1.29, 1.82) is 0 Å². The van der Waals surface area contributed by atoms with Crippen LogP contribution in [0, 0.1) is 11.6 Å². The molecule has 1 aromatic carbocycles. The van der Waals surface area contributed by atoms with Crippen molar-refractivity contribution in [1.82, 2.24) is 0 Å². The lowest BCUT2D eigenvalue weighted by molar-refractivity contribution is 0.500. The topological polar surface area (TPSA) is 26.0 Å². The Morgan fingerprint density at radius 2 is 2.00 bits per heavy atom. The summed E-state index contributed by atoms with van der Waals surface area (Å²) in [4.78, 5) is 0. The van der Waals surface area contributed by atoms with E-state index in [2.05, 4.69) is 15.9 Å². The number of halogens is 3. The Bertz CT molecular complexity index is 400. The van der Waals surface area contributed by atoms with Gasteiger partial charge in [-0.1, -0.05) is 0 Å². The zero-order valence-corrected chi connectivity index (χ0v) is 9.94. The van der Waals surface area contributed by atoms with Crippen molar-refractivity contribution in [2.24, 2.45) is 5.73 Å². The fraction of sp³-hybridized carbons (Fsp3) is 0.455. The van der Waals surface area contributed by atoms with Crippen LogP contribution in [0.2, 0.25) is 0 Å². The zero-order chi connectivity index (χ0) is 11.2. The third-order valence-corrected chi connectivity index (χ3v) is 3.77. The van der Waals surface area contributed by atoms with E-state index in [0.29, 0.717) is 5.56 Å². The van der Waals surface area contributed by atoms with Gasteiger partial charge in [-0.3, -0.25) is 0 Å². The van der Waals surface area contributed by atoms with E-state index in [1.54, 1.807) is 0 Å². The van der Waals surface area contributed by atoms with Gasteiger partial charge < -0.3 is 5.73 Å². The molecule has 1 unspecified atom stereocenters. The highest BCUT2D eigenvalue weighted by Crippen LogP contribution is 2.51. The molecule has 0 aliphatic heterocycles. The lowest BCUT2D eigenvalue weighted by Crippen LogP contribution is -2.32. The lowest BCUT2D eigenvalue weighted by Gasteiger charge is -2.21. The fourth-order valence-corrected chi connectivity index (χ4v) is 2.46. The van der Waals surface area contributed by atoms with Crippen LogP contribution in [0.25, 0.3) is 0 Å². The van der Waals surface area contributed by atoms with Crippen molar-refractivity contribution in [2.75, 3.05) is 0 Å². The molecule has 0 amide bonds. The lowest BCUT2D eigenvalue weighted by atomic mass is 9.89. The maximum Gasteiger partial charge on any atom is 0.141 e. The molecule has 0 saturated heterocycles. The van der Waals surface area contributed by atoms with E-state index in [4.69, 9.17) is 5.73 Å². The van der Waals surface area contributed by atoms with Gasteiger partial charge in [0.05, 0.1) is 4.47 Å².